The van der Waals surface area contributed by atoms with Crippen LogP contribution in [0.3, 0.4) is 0 Å². The third-order valence-electron chi connectivity index (χ3n) is 2.93. The molecule has 0 heterocycles. The van der Waals surface area contributed by atoms with E-state index in [0.29, 0.717) is 25.6 Å². The second kappa shape index (κ2) is 8.53. The Kier molecular flexibility index (Phi) is 6.97. The third-order valence-corrected chi connectivity index (χ3v) is 2.93. The highest BCUT2D eigenvalue weighted by molar-refractivity contribution is 5.75. The van der Waals surface area contributed by atoms with Gasteiger partial charge in [-0.05, 0) is 45.0 Å². The molecule has 4 nitrogen and oxygen atoms in total. The van der Waals surface area contributed by atoms with Gasteiger partial charge in [0.2, 0.25) is 5.91 Å². The minimum absolute atomic E-state index is 0.0296. The molecule has 19 heavy (non-hydrogen) atoms. The van der Waals surface area contributed by atoms with Crippen molar-refractivity contribution in [1.82, 2.24) is 10.6 Å². The Morgan fingerprint density at radius 3 is 2.58 bits per heavy atom. The van der Waals surface area contributed by atoms with Crippen LogP contribution >= 0.6 is 0 Å². The van der Waals surface area contributed by atoms with Crippen LogP contribution in [-0.4, -0.2) is 32.1 Å². The van der Waals surface area contributed by atoms with Gasteiger partial charge in [0.1, 0.15) is 5.75 Å². The van der Waals surface area contributed by atoms with Gasteiger partial charge < -0.3 is 15.4 Å². The summed E-state index contributed by atoms with van der Waals surface area (Å²) in [6, 6.07) is 8.50. The van der Waals surface area contributed by atoms with Crippen LogP contribution in [0.4, 0.5) is 0 Å². The lowest BCUT2D eigenvalue weighted by molar-refractivity contribution is -0.121. The van der Waals surface area contributed by atoms with Gasteiger partial charge in [-0.1, -0.05) is 12.1 Å². The molecule has 1 rings (SSSR count). The van der Waals surface area contributed by atoms with Crippen LogP contribution in [0.1, 0.15) is 25.8 Å². The molecule has 1 aromatic carbocycles. The summed E-state index contributed by atoms with van der Waals surface area (Å²) >= 11 is 0. The van der Waals surface area contributed by atoms with Gasteiger partial charge in [-0.25, -0.2) is 0 Å². The molecule has 2 N–H and O–H groups in total. The smallest absolute Gasteiger partial charge is 0.223 e. The summed E-state index contributed by atoms with van der Waals surface area (Å²) in [5.74, 6) is 0.840. The standard InChI is InChI=1S/C15H24N2O2/c1-4-17-15(18)9-10-19-14-7-5-13(6-8-14)11-12(2)16-3/h5-8,12,16H,4,9-11H2,1-3H3,(H,17,18). The van der Waals surface area contributed by atoms with Crippen LogP contribution in [-0.2, 0) is 11.2 Å². The van der Waals surface area contributed by atoms with Crippen molar-refractivity contribution in [2.45, 2.75) is 32.7 Å². The molecule has 106 valence electrons. The van der Waals surface area contributed by atoms with Crippen LogP contribution in [0.5, 0.6) is 5.75 Å². The molecule has 0 aliphatic carbocycles. The number of nitrogens with one attached hydrogen (secondary N) is 2. The zero-order valence-electron chi connectivity index (χ0n) is 12.0. The van der Waals surface area contributed by atoms with Gasteiger partial charge in [-0.2, -0.15) is 0 Å². The topological polar surface area (TPSA) is 50.4 Å². The van der Waals surface area contributed by atoms with Crippen molar-refractivity contribution in [3.8, 4) is 5.75 Å². The number of likely N-dealkylation sites (N-methyl/N-ethyl adjacent to an activating group) is 1. The van der Waals surface area contributed by atoms with Gasteiger partial charge in [-0.3, -0.25) is 4.79 Å². The quantitative estimate of drug-likeness (QED) is 0.752. The van der Waals surface area contributed by atoms with Gasteiger partial charge in [0.05, 0.1) is 13.0 Å². The van der Waals surface area contributed by atoms with E-state index in [-0.39, 0.29) is 5.91 Å². The minimum atomic E-state index is 0.0296. The van der Waals surface area contributed by atoms with Crippen LogP contribution in [0, 0.1) is 0 Å². The monoisotopic (exact) mass is 264 g/mol. The van der Waals surface area contributed by atoms with E-state index < -0.39 is 0 Å². The van der Waals surface area contributed by atoms with Crippen molar-refractivity contribution >= 4 is 5.91 Å². The molecule has 0 aromatic heterocycles. The first kappa shape index (κ1) is 15.5. The summed E-state index contributed by atoms with van der Waals surface area (Å²) in [5.41, 5.74) is 1.28. The van der Waals surface area contributed by atoms with E-state index in [1.807, 2.05) is 26.1 Å². The minimum Gasteiger partial charge on any atom is -0.493 e. The Labute approximate surface area is 115 Å². The predicted octanol–water partition coefficient (Wildman–Crippen LogP) is 1.74. The number of amides is 1. The molecular formula is C15H24N2O2. The van der Waals surface area contributed by atoms with Crippen molar-refractivity contribution in [2.75, 3.05) is 20.2 Å². The zero-order chi connectivity index (χ0) is 14.1. The normalized spacial score (nSPS) is 11.9. The fourth-order valence-corrected chi connectivity index (χ4v) is 1.72. The van der Waals surface area contributed by atoms with E-state index in [4.69, 9.17) is 4.74 Å². The highest BCUT2D eigenvalue weighted by Gasteiger charge is 2.02. The fraction of sp³-hybridized carbons (Fsp3) is 0.533. The Morgan fingerprint density at radius 2 is 2.00 bits per heavy atom. The highest BCUT2D eigenvalue weighted by atomic mass is 16.5. The SMILES string of the molecule is CCNC(=O)CCOc1ccc(CC(C)NC)cc1. The molecule has 1 atom stereocenters. The Hall–Kier alpha value is -1.55. The van der Waals surface area contributed by atoms with Crippen molar-refractivity contribution < 1.29 is 9.53 Å². The second-order valence-corrected chi connectivity index (χ2v) is 4.59. The molecule has 0 saturated carbocycles. The van der Waals surface area contributed by atoms with E-state index in [0.717, 1.165) is 12.2 Å². The maximum Gasteiger partial charge on any atom is 0.223 e. The lowest BCUT2D eigenvalue weighted by atomic mass is 10.1. The molecule has 1 unspecified atom stereocenters. The number of hydrogen-bond acceptors (Lipinski definition) is 3. The van der Waals surface area contributed by atoms with Crippen molar-refractivity contribution in [3.05, 3.63) is 29.8 Å². The maximum absolute atomic E-state index is 11.2. The first-order valence-electron chi connectivity index (χ1n) is 6.81. The van der Waals surface area contributed by atoms with Crippen molar-refractivity contribution in [2.24, 2.45) is 0 Å². The molecule has 0 fully saturated rings. The van der Waals surface area contributed by atoms with E-state index in [1.54, 1.807) is 0 Å². The molecule has 4 heteroatoms. The third kappa shape index (κ3) is 6.25. The Bertz CT molecular complexity index is 376. The molecule has 1 aromatic rings. The number of ether oxygens (including phenoxy) is 1. The lowest BCUT2D eigenvalue weighted by Crippen LogP contribution is -2.24. The molecule has 0 saturated heterocycles. The molecule has 0 spiro atoms. The molecule has 1 amide bonds. The highest BCUT2D eigenvalue weighted by Crippen LogP contribution is 2.13. The summed E-state index contributed by atoms with van der Waals surface area (Å²) in [4.78, 5) is 11.2. The van der Waals surface area contributed by atoms with E-state index in [2.05, 4.69) is 29.7 Å². The number of carbonyl (C=O) groups excluding carboxylic acids is 1. The first-order valence-corrected chi connectivity index (χ1v) is 6.81. The summed E-state index contributed by atoms with van der Waals surface area (Å²) in [6.07, 6.45) is 1.39. The number of benzene rings is 1. The number of carbonyl (C=O) groups is 1. The van der Waals surface area contributed by atoms with Crippen LogP contribution in [0.25, 0.3) is 0 Å². The number of hydrogen-bond donors (Lipinski definition) is 2. The number of rotatable bonds is 8. The largest absolute Gasteiger partial charge is 0.493 e. The van der Waals surface area contributed by atoms with Crippen molar-refractivity contribution in [3.63, 3.8) is 0 Å². The lowest BCUT2D eigenvalue weighted by Gasteiger charge is -2.11. The second-order valence-electron chi connectivity index (χ2n) is 4.59. The zero-order valence-corrected chi connectivity index (χ0v) is 12.0. The van der Waals surface area contributed by atoms with Gasteiger partial charge >= 0.3 is 0 Å². The molecule has 0 aliphatic rings. The predicted molar refractivity (Wildman–Crippen MR) is 77.5 cm³/mol. The Morgan fingerprint density at radius 1 is 1.32 bits per heavy atom. The van der Waals surface area contributed by atoms with Gasteiger partial charge in [0.25, 0.3) is 0 Å². The molecule has 0 aliphatic heterocycles. The summed E-state index contributed by atoms with van der Waals surface area (Å²) in [7, 11) is 1.96. The molecule has 0 bridgehead atoms. The van der Waals surface area contributed by atoms with E-state index in [1.165, 1.54) is 5.56 Å². The summed E-state index contributed by atoms with van der Waals surface area (Å²) in [5, 5.41) is 5.95. The Balaban J connectivity index is 2.34. The van der Waals surface area contributed by atoms with Crippen LogP contribution < -0.4 is 15.4 Å². The first-order chi connectivity index (χ1) is 9.15. The van der Waals surface area contributed by atoms with Crippen molar-refractivity contribution in [1.29, 1.82) is 0 Å². The molecular weight excluding hydrogens is 240 g/mol. The summed E-state index contributed by atoms with van der Waals surface area (Å²) < 4.78 is 5.53. The summed E-state index contributed by atoms with van der Waals surface area (Å²) in [6.45, 7) is 5.13. The maximum atomic E-state index is 11.2. The van der Waals surface area contributed by atoms with Crippen LogP contribution in [0.15, 0.2) is 24.3 Å². The fourth-order valence-electron chi connectivity index (χ4n) is 1.72. The van der Waals surface area contributed by atoms with Crippen LogP contribution in [0.2, 0.25) is 0 Å². The van der Waals surface area contributed by atoms with Gasteiger partial charge in [0, 0.05) is 12.6 Å². The van der Waals surface area contributed by atoms with Gasteiger partial charge in [-0.15, -0.1) is 0 Å². The van der Waals surface area contributed by atoms with E-state index in [9.17, 15) is 4.79 Å². The van der Waals surface area contributed by atoms with E-state index >= 15 is 0 Å². The average Bonchev–Trinajstić information content (AvgIpc) is 2.41. The average molecular weight is 264 g/mol. The van der Waals surface area contributed by atoms with Gasteiger partial charge in [0.15, 0.2) is 0 Å². The molecule has 0 radical (unpaired) electrons.